The lowest BCUT2D eigenvalue weighted by Gasteiger charge is -2.35. The first-order valence-electron chi connectivity index (χ1n) is 7.87. The third kappa shape index (κ3) is 3.39. The summed E-state index contributed by atoms with van der Waals surface area (Å²) in [6.07, 6.45) is 5.18. The molecule has 0 amide bonds. The molecule has 0 spiro atoms. The van der Waals surface area contributed by atoms with Gasteiger partial charge in [0.1, 0.15) is 5.78 Å². The van der Waals surface area contributed by atoms with E-state index in [1.807, 2.05) is 0 Å². The van der Waals surface area contributed by atoms with E-state index in [2.05, 4.69) is 4.90 Å². The second-order valence-corrected chi connectivity index (χ2v) is 6.33. The third-order valence-corrected chi connectivity index (χ3v) is 4.81. The summed E-state index contributed by atoms with van der Waals surface area (Å²) in [6.45, 7) is 2.57. The monoisotopic (exact) mass is 283 g/mol. The molecule has 3 atom stereocenters. The Morgan fingerprint density at radius 1 is 1.20 bits per heavy atom. The smallest absolute Gasteiger partial charge is 0.136 e. The van der Waals surface area contributed by atoms with E-state index in [0.717, 1.165) is 38.9 Å². The molecular weight excluding hydrogens is 258 g/mol. The van der Waals surface area contributed by atoms with Crippen LogP contribution in [-0.2, 0) is 14.3 Å². The molecule has 3 aliphatic rings. The van der Waals surface area contributed by atoms with Gasteiger partial charge in [-0.2, -0.15) is 0 Å². The normalized spacial score (nSPS) is 33.5. The van der Waals surface area contributed by atoms with Crippen LogP contribution in [0.1, 0.15) is 38.5 Å². The summed E-state index contributed by atoms with van der Waals surface area (Å²) < 4.78 is 11.1. The highest BCUT2D eigenvalue weighted by Crippen LogP contribution is 2.33. The molecule has 3 heterocycles. The number of fused-ring (bicyclic) bond motifs is 2. The summed E-state index contributed by atoms with van der Waals surface area (Å²) in [7, 11) is 0. The number of ether oxygens (including phenoxy) is 2. The minimum atomic E-state index is -0.450. The predicted molar refractivity (Wildman–Crippen MR) is 73.6 cm³/mol. The maximum Gasteiger partial charge on any atom is 0.136 e. The summed E-state index contributed by atoms with van der Waals surface area (Å²) in [5.74, 6) is 0.390. The Bertz CT molecular complexity index is 327. The molecule has 0 saturated carbocycles. The number of nitrogens with zero attached hydrogens (tertiary/aromatic N) is 1. The maximum atomic E-state index is 11.6. The average Bonchev–Trinajstić information content (AvgIpc) is 2.69. The highest BCUT2D eigenvalue weighted by molar-refractivity contribution is 5.80. The van der Waals surface area contributed by atoms with Gasteiger partial charge in [0.2, 0.25) is 0 Å². The Kier molecular flexibility index (Phi) is 4.71. The molecule has 3 saturated heterocycles. The van der Waals surface area contributed by atoms with Crippen LogP contribution in [-0.4, -0.2) is 66.4 Å². The quantitative estimate of drug-likeness (QED) is 0.806. The van der Waals surface area contributed by atoms with Gasteiger partial charge in [0.05, 0.1) is 18.8 Å². The number of rotatable bonds is 5. The van der Waals surface area contributed by atoms with E-state index in [4.69, 9.17) is 9.47 Å². The van der Waals surface area contributed by atoms with Crippen LogP contribution in [0.3, 0.4) is 0 Å². The molecule has 5 nitrogen and oxygen atoms in total. The number of aliphatic hydroxyl groups is 1. The second kappa shape index (κ2) is 6.52. The molecule has 3 fully saturated rings. The van der Waals surface area contributed by atoms with Gasteiger partial charge in [0, 0.05) is 44.7 Å². The fraction of sp³-hybridized carbons (Fsp3) is 0.933. The van der Waals surface area contributed by atoms with Crippen LogP contribution < -0.4 is 0 Å². The van der Waals surface area contributed by atoms with Crippen molar-refractivity contribution in [2.75, 3.05) is 26.4 Å². The molecule has 1 N–H and O–H groups in total. The Hall–Kier alpha value is -0.490. The number of hydrogen-bond acceptors (Lipinski definition) is 5. The van der Waals surface area contributed by atoms with Gasteiger partial charge >= 0.3 is 0 Å². The fourth-order valence-electron chi connectivity index (χ4n) is 3.75. The van der Waals surface area contributed by atoms with Gasteiger partial charge in [-0.05, 0) is 25.7 Å². The van der Waals surface area contributed by atoms with E-state index in [1.165, 1.54) is 0 Å². The molecule has 5 heteroatoms. The van der Waals surface area contributed by atoms with E-state index < -0.39 is 6.10 Å². The standard InChI is InChI=1S/C15H25NO4/c17-13-7-11-1-2-12(8-13)16(11)9-14(18)10-20-15-3-5-19-6-4-15/h11-12,14-15,18H,1-10H2/t11-,12+,14-/m0/s1. The first-order valence-corrected chi connectivity index (χ1v) is 7.87. The van der Waals surface area contributed by atoms with E-state index in [0.29, 0.717) is 43.9 Å². The van der Waals surface area contributed by atoms with Crippen LogP contribution in [0.15, 0.2) is 0 Å². The molecule has 0 aliphatic carbocycles. The van der Waals surface area contributed by atoms with Crippen molar-refractivity contribution in [3.05, 3.63) is 0 Å². The Morgan fingerprint density at radius 3 is 2.50 bits per heavy atom. The second-order valence-electron chi connectivity index (χ2n) is 6.33. The van der Waals surface area contributed by atoms with Gasteiger partial charge in [-0.3, -0.25) is 9.69 Å². The first-order chi connectivity index (χ1) is 9.72. The summed E-state index contributed by atoms with van der Waals surface area (Å²) >= 11 is 0. The van der Waals surface area contributed by atoms with Crippen molar-refractivity contribution in [3.63, 3.8) is 0 Å². The average molecular weight is 283 g/mol. The van der Waals surface area contributed by atoms with Crippen LogP contribution in [0.2, 0.25) is 0 Å². The van der Waals surface area contributed by atoms with E-state index in [1.54, 1.807) is 0 Å². The van der Waals surface area contributed by atoms with E-state index in [-0.39, 0.29) is 6.10 Å². The molecule has 2 bridgehead atoms. The number of hydrogen-bond donors (Lipinski definition) is 1. The SMILES string of the molecule is O=C1C[C@H]2CC[C@@H](C1)N2C[C@H](O)COC1CCOCC1. The third-order valence-electron chi connectivity index (χ3n) is 4.81. The van der Waals surface area contributed by atoms with Crippen molar-refractivity contribution in [2.45, 2.75) is 62.8 Å². The number of ketones is 1. The lowest BCUT2D eigenvalue weighted by atomic mass is 10.0. The molecular formula is C15H25NO4. The van der Waals surface area contributed by atoms with Crippen molar-refractivity contribution in [2.24, 2.45) is 0 Å². The largest absolute Gasteiger partial charge is 0.389 e. The number of carbonyl (C=O) groups is 1. The maximum absolute atomic E-state index is 11.6. The molecule has 0 radical (unpaired) electrons. The molecule has 0 aromatic carbocycles. The minimum absolute atomic E-state index is 0.234. The van der Waals surface area contributed by atoms with Crippen molar-refractivity contribution >= 4 is 5.78 Å². The van der Waals surface area contributed by atoms with Crippen LogP contribution >= 0.6 is 0 Å². The first kappa shape index (κ1) is 14.4. The zero-order valence-corrected chi connectivity index (χ0v) is 12.0. The van der Waals surface area contributed by atoms with Crippen LogP contribution in [0, 0.1) is 0 Å². The zero-order chi connectivity index (χ0) is 13.9. The number of Topliss-reactive ketones (excluding diaryl/α,β-unsaturated/α-hetero) is 1. The molecule has 0 unspecified atom stereocenters. The van der Waals surface area contributed by atoms with Crippen LogP contribution in [0.25, 0.3) is 0 Å². The molecule has 114 valence electrons. The lowest BCUT2D eigenvalue weighted by Crippen LogP contribution is -2.47. The van der Waals surface area contributed by atoms with Crippen molar-refractivity contribution in [3.8, 4) is 0 Å². The van der Waals surface area contributed by atoms with Crippen LogP contribution in [0.4, 0.5) is 0 Å². The summed E-state index contributed by atoms with van der Waals surface area (Å²) in [6, 6.07) is 0.720. The Labute approximate surface area is 120 Å². The van der Waals surface area contributed by atoms with E-state index in [9.17, 15) is 9.90 Å². The molecule has 0 aromatic rings. The number of piperidine rings is 1. The minimum Gasteiger partial charge on any atom is -0.389 e. The molecule has 20 heavy (non-hydrogen) atoms. The Balaban J connectivity index is 1.42. The lowest BCUT2D eigenvalue weighted by molar-refractivity contribution is -0.124. The van der Waals surface area contributed by atoms with Crippen molar-refractivity contribution < 1.29 is 19.4 Å². The van der Waals surface area contributed by atoms with Gasteiger partial charge in [-0.15, -0.1) is 0 Å². The van der Waals surface area contributed by atoms with Crippen molar-refractivity contribution in [1.82, 2.24) is 4.90 Å². The number of aliphatic hydroxyl groups excluding tert-OH is 1. The summed E-state index contributed by atoms with van der Waals surface area (Å²) in [5, 5.41) is 10.2. The van der Waals surface area contributed by atoms with Gasteiger partial charge in [-0.1, -0.05) is 0 Å². The van der Waals surface area contributed by atoms with E-state index >= 15 is 0 Å². The molecule has 3 aliphatic heterocycles. The Morgan fingerprint density at radius 2 is 1.85 bits per heavy atom. The topological polar surface area (TPSA) is 59.0 Å². The molecule has 3 rings (SSSR count). The van der Waals surface area contributed by atoms with Gasteiger partial charge < -0.3 is 14.6 Å². The predicted octanol–water partition coefficient (Wildman–Crippen LogP) is 0.739. The highest BCUT2D eigenvalue weighted by Gasteiger charge is 2.40. The summed E-state index contributed by atoms with van der Waals surface area (Å²) in [4.78, 5) is 13.9. The van der Waals surface area contributed by atoms with Crippen molar-refractivity contribution in [1.29, 1.82) is 0 Å². The zero-order valence-electron chi connectivity index (χ0n) is 12.0. The van der Waals surface area contributed by atoms with Crippen LogP contribution in [0.5, 0.6) is 0 Å². The van der Waals surface area contributed by atoms with Gasteiger partial charge in [0.15, 0.2) is 0 Å². The van der Waals surface area contributed by atoms with Gasteiger partial charge in [-0.25, -0.2) is 0 Å². The number of carbonyl (C=O) groups excluding carboxylic acids is 1. The summed E-state index contributed by atoms with van der Waals surface area (Å²) in [5.41, 5.74) is 0. The van der Waals surface area contributed by atoms with Gasteiger partial charge in [0.25, 0.3) is 0 Å². The fourth-order valence-corrected chi connectivity index (χ4v) is 3.75. The highest BCUT2D eigenvalue weighted by atomic mass is 16.5. The molecule has 0 aromatic heterocycles.